The molecule has 2 aromatic carbocycles. The highest BCUT2D eigenvalue weighted by Gasteiger charge is 2.30. The monoisotopic (exact) mass is 405 g/mol. The van der Waals surface area contributed by atoms with Gasteiger partial charge < -0.3 is 5.32 Å². The summed E-state index contributed by atoms with van der Waals surface area (Å²) in [5.74, 6) is -0.439. The zero-order valence-corrected chi connectivity index (χ0v) is 13.1. The van der Waals surface area contributed by atoms with Crippen molar-refractivity contribution in [1.29, 1.82) is 0 Å². The molecule has 0 unspecified atom stereocenters. The summed E-state index contributed by atoms with van der Waals surface area (Å²) in [4.78, 5) is 12.0. The molecule has 0 spiro atoms. The number of alkyl halides is 3. The van der Waals surface area contributed by atoms with Crippen molar-refractivity contribution < 1.29 is 18.0 Å². The van der Waals surface area contributed by atoms with Crippen molar-refractivity contribution in [3.05, 3.63) is 62.7 Å². The summed E-state index contributed by atoms with van der Waals surface area (Å²) in [5.41, 5.74) is 1.10. The first-order valence-electron chi connectivity index (χ1n) is 6.02. The first-order chi connectivity index (χ1) is 9.77. The van der Waals surface area contributed by atoms with Crippen molar-refractivity contribution in [2.75, 3.05) is 5.32 Å². The fourth-order valence-corrected chi connectivity index (χ4v) is 2.53. The fraction of sp³-hybridized carbons (Fsp3) is 0.133. The third kappa shape index (κ3) is 3.96. The van der Waals surface area contributed by atoms with Gasteiger partial charge in [-0.15, -0.1) is 0 Å². The van der Waals surface area contributed by atoms with E-state index in [0.717, 1.165) is 21.3 Å². The van der Waals surface area contributed by atoms with Gasteiger partial charge in [0.25, 0.3) is 5.91 Å². The third-order valence-corrected chi connectivity index (χ3v) is 3.74. The summed E-state index contributed by atoms with van der Waals surface area (Å²) >= 11 is 2.09. The van der Waals surface area contributed by atoms with Crippen LogP contribution in [-0.2, 0) is 6.18 Å². The van der Waals surface area contributed by atoms with Gasteiger partial charge in [-0.3, -0.25) is 4.79 Å². The number of anilines is 1. The quantitative estimate of drug-likeness (QED) is 0.710. The molecule has 1 N–H and O–H groups in total. The van der Waals surface area contributed by atoms with Crippen LogP contribution >= 0.6 is 22.6 Å². The fourth-order valence-electron chi connectivity index (χ4n) is 1.73. The number of nitrogens with one attached hydrogen (secondary N) is 1. The van der Waals surface area contributed by atoms with Crippen molar-refractivity contribution in [1.82, 2.24) is 0 Å². The summed E-state index contributed by atoms with van der Waals surface area (Å²) in [6.07, 6.45) is -4.40. The van der Waals surface area contributed by atoms with Gasteiger partial charge >= 0.3 is 6.18 Å². The minimum Gasteiger partial charge on any atom is -0.321 e. The highest BCUT2D eigenvalue weighted by atomic mass is 127. The van der Waals surface area contributed by atoms with Gasteiger partial charge in [0.15, 0.2) is 0 Å². The number of carbonyl (C=O) groups excluding carboxylic acids is 1. The van der Waals surface area contributed by atoms with Crippen molar-refractivity contribution in [3.8, 4) is 0 Å². The molecule has 21 heavy (non-hydrogen) atoms. The maximum absolute atomic E-state index is 12.5. The molecule has 0 fully saturated rings. The average molecular weight is 405 g/mol. The van der Waals surface area contributed by atoms with Gasteiger partial charge in [-0.25, -0.2) is 0 Å². The van der Waals surface area contributed by atoms with Crippen molar-refractivity contribution in [2.24, 2.45) is 0 Å². The molecule has 0 atom stereocenters. The molecule has 6 heteroatoms. The van der Waals surface area contributed by atoms with Crippen molar-refractivity contribution in [2.45, 2.75) is 13.1 Å². The second-order valence-corrected chi connectivity index (χ2v) is 5.67. The Morgan fingerprint density at radius 2 is 1.71 bits per heavy atom. The van der Waals surface area contributed by atoms with E-state index in [1.165, 1.54) is 12.1 Å². The van der Waals surface area contributed by atoms with E-state index >= 15 is 0 Å². The molecule has 0 radical (unpaired) electrons. The number of benzene rings is 2. The van der Waals surface area contributed by atoms with Crippen molar-refractivity contribution in [3.63, 3.8) is 0 Å². The third-order valence-electron chi connectivity index (χ3n) is 2.85. The van der Waals surface area contributed by atoms with Gasteiger partial charge in [0.2, 0.25) is 0 Å². The van der Waals surface area contributed by atoms with Crippen LogP contribution < -0.4 is 5.32 Å². The molecular weight excluding hydrogens is 394 g/mol. The predicted octanol–water partition coefficient (Wildman–Crippen LogP) is 4.87. The van der Waals surface area contributed by atoms with Crippen LogP contribution in [0.25, 0.3) is 0 Å². The number of hydrogen-bond donors (Lipinski definition) is 1. The van der Waals surface area contributed by atoms with Gasteiger partial charge in [0.1, 0.15) is 0 Å². The minimum absolute atomic E-state index is 0.180. The van der Waals surface area contributed by atoms with Gasteiger partial charge in [0.05, 0.1) is 11.3 Å². The summed E-state index contributed by atoms with van der Waals surface area (Å²) in [5, 5.41) is 2.68. The molecule has 0 aliphatic heterocycles. The van der Waals surface area contributed by atoms with E-state index in [4.69, 9.17) is 0 Å². The van der Waals surface area contributed by atoms with E-state index in [0.29, 0.717) is 5.69 Å². The summed E-state index contributed by atoms with van der Waals surface area (Å²) in [7, 11) is 0. The van der Waals surface area contributed by atoms with Crippen LogP contribution in [0.5, 0.6) is 0 Å². The van der Waals surface area contributed by atoms with Crippen LogP contribution in [0, 0.1) is 10.5 Å². The molecule has 2 nitrogen and oxygen atoms in total. The van der Waals surface area contributed by atoms with Crippen LogP contribution in [0.15, 0.2) is 42.5 Å². The van der Waals surface area contributed by atoms with E-state index in [1.807, 2.05) is 19.1 Å². The Morgan fingerprint density at radius 3 is 2.24 bits per heavy atom. The van der Waals surface area contributed by atoms with Crippen LogP contribution in [0.1, 0.15) is 21.5 Å². The van der Waals surface area contributed by atoms with Gasteiger partial charge in [-0.05, 0) is 71.5 Å². The molecule has 0 aromatic heterocycles. The van der Waals surface area contributed by atoms with Gasteiger partial charge in [-0.2, -0.15) is 13.2 Å². The Bertz CT molecular complexity index is 666. The smallest absolute Gasteiger partial charge is 0.321 e. The summed E-state index contributed by atoms with van der Waals surface area (Å²) in [6, 6.07) is 9.65. The van der Waals surface area contributed by atoms with E-state index < -0.39 is 17.6 Å². The molecular formula is C15H11F3INO. The van der Waals surface area contributed by atoms with E-state index in [2.05, 4.69) is 27.9 Å². The Morgan fingerprint density at radius 1 is 1.10 bits per heavy atom. The lowest BCUT2D eigenvalue weighted by Gasteiger charge is -2.10. The number of halogens is 4. The average Bonchev–Trinajstić information content (AvgIpc) is 2.41. The highest BCUT2D eigenvalue weighted by Crippen LogP contribution is 2.29. The van der Waals surface area contributed by atoms with Crippen LogP contribution in [-0.4, -0.2) is 5.91 Å². The Labute approximate surface area is 133 Å². The number of amides is 1. The number of hydrogen-bond acceptors (Lipinski definition) is 1. The maximum atomic E-state index is 12.5. The Balaban J connectivity index is 2.17. The first-order valence-corrected chi connectivity index (χ1v) is 7.10. The van der Waals surface area contributed by atoms with Crippen molar-refractivity contribution >= 4 is 34.2 Å². The van der Waals surface area contributed by atoms with Crippen LogP contribution in [0.2, 0.25) is 0 Å². The molecule has 0 saturated heterocycles. The molecule has 0 bridgehead atoms. The van der Waals surface area contributed by atoms with E-state index in [-0.39, 0.29) is 5.56 Å². The standard InChI is InChI=1S/C15H11F3INO/c1-9-2-7-13(12(19)8-9)20-14(21)10-3-5-11(6-4-10)15(16,17)18/h2-8H,1H3,(H,20,21). The molecule has 0 heterocycles. The minimum atomic E-state index is -4.40. The van der Waals surface area contributed by atoms with Gasteiger partial charge in [0, 0.05) is 9.13 Å². The zero-order chi connectivity index (χ0) is 15.6. The number of rotatable bonds is 2. The number of carbonyl (C=O) groups is 1. The van der Waals surface area contributed by atoms with E-state index in [9.17, 15) is 18.0 Å². The molecule has 1 amide bonds. The molecule has 2 rings (SSSR count). The maximum Gasteiger partial charge on any atom is 0.416 e. The zero-order valence-electron chi connectivity index (χ0n) is 11.0. The second-order valence-electron chi connectivity index (χ2n) is 4.51. The van der Waals surface area contributed by atoms with Crippen LogP contribution in [0.4, 0.5) is 18.9 Å². The predicted molar refractivity (Wildman–Crippen MR) is 83.3 cm³/mol. The SMILES string of the molecule is Cc1ccc(NC(=O)c2ccc(C(F)(F)F)cc2)c(I)c1. The number of aryl methyl sites for hydroxylation is 1. The Hall–Kier alpha value is -1.57. The lowest BCUT2D eigenvalue weighted by molar-refractivity contribution is -0.137. The highest BCUT2D eigenvalue weighted by molar-refractivity contribution is 14.1. The second kappa shape index (κ2) is 6.05. The first kappa shape index (κ1) is 15.8. The van der Waals surface area contributed by atoms with Crippen LogP contribution in [0.3, 0.4) is 0 Å². The van der Waals surface area contributed by atoms with Gasteiger partial charge in [-0.1, -0.05) is 6.07 Å². The lowest BCUT2D eigenvalue weighted by Crippen LogP contribution is -2.13. The molecule has 2 aromatic rings. The molecule has 110 valence electrons. The largest absolute Gasteiger partial charge is 0.416 e. The summed E-state index contributed by atoms with van der Waals surface area (Å²) in [6.45, 7) is 1.93. The molecule has 0 aliphatic carbocycles. The Kier molecular flexibility index (Phi) is 4.55. The normalized spacial score (nSPS) is 11.3. The molecule has 0 aliphatic rings. The summed E-state index contributed by atoms with van der Waals surface area (Å²) < 4.78 is 38.2. The lowest BCUT2D eigenvalue weighted by atomic mass is 10.1. The molecule has 0 saturated carbocycles. The topological polar surface area (TPSA) is 29.1 Å². The van der Waals surface area contributed by atoms with E-state index in [1.54, 1.807) is 6.07 Å².